The summed E-state index contributed by atoms with van der Waals surface area (Å²) in [5.41, 5.74) is 5.40. The molecule has 0 aromatic heterocycles. The Morgan fingerprint density at radius 2 is 0.271 bits per heavy atom. The van der Waals surface area contributed by atoms with Gasteiger partial charge in [0.2, 0.25) is 0 Å². The Morgan fingerprint density at radius 3 is 0.427 bits per heavy atom. The van der Waals surface area contributed by atoms with E-state index in [1.165, 1.54) is 129 Å². The first kappa shape index (κ1) is 68.9. The molecule has 0 radical (unpaired) electrons. The minimum atomic E-state index is -0.852. The maximum absolute atomic E-state index is 2.42. The van der Waals surface area contributed by atoms with E-state index in [1.54, 1.807) is 0 Å². The number of rotatable bonds is 14. The number of hydrogen-bond donors (Lipinski definition) is 0. The molecule has 0 fully saturated rings. The monoisotopic (exact) mass is 1490 g/mol. The van der Waals surface area contributed by atoms with E-state index in [1.807, 2.05) is 0 Å². The quantitative estimate of drug-likeness (QED) is 0.0769. The first-order valence-electron chi connectivity index (χ1n) is 31.4. The molecule has 0 amide bonds. The maximum atomic E-state index is 2.42. The zero-order valence-electron chi connectivity index (χ0n) is 52.4. The van der Waals surface area contributed by atoms with E-state index in [2.05, 4.69) is 388 Å². The normalized spacial score (nSPS) is 11.0. The van der Waals surface area contributed by atoms with Crippen LogP contribution in [0.2, 0.25) is 0 Å². The molecule has 16 rings (SSSR count). The molecule has 0 aliphatic rings. The van der Waals surface area contributed by atoms with E-state index >= 15 is 0 Å². The van der Waals surface area contributed by atoms with Crippen molar-refractivity contribution in [3.8, 4) is 22.3 Å². The Morgan fingerprint density at radius 1 is 0.135 bits per heavy atom. The Labute approximate surface area is 595 Å². The first-order chi connectivity index (χ1) is 45.7. The van der Waals surface area contributed by atoms with Gasteiger partial charge in [0.1, 0.15) is 0 Å². The average Bonchev–Trinajstić information content (AvgIpc) is 0.740. The van der Waals surface area contributed by atoms with Crippen molar-refractivity contribution in [3.63, 3.8) is 0 Å². The second-order valence-corrected chi connectivity index (χ2v) is 31.5. The van der Waals surface area contributed by atoms with Gasteiger partial charge in [-0.15, -0.1) is 0 Å². The fourth-order valence-electron chi connectivity index (χ4n) is 13.2. The summed E-state index contributed by atoms with van der Waals surface area (Å²) in [5, 5.41) is 26.7. The van der Waals surface area contributed by atoms with Gasteiger partial charge in [0.25, 0.3) is 0 Å². The van der Waals surface area contributed by atoms with Gasteiger partial charge in [-0.1, -0.05) is 388 Å². The van der Waals surface area contributed by atoms with Crippen LogP contribution in [-0.4, -0.2) is 11.0 Å². The molecule has 0 atom stereocenters. The molecule has 0 heterocycles. The predicted octanol–water partition coefficient (Wildman–Crippen LogP) is 16.7. The topological polar surface area (TPSA) is 63.0 Å². The van der Waals surface area contributed by atoms with Crippen LogP contribution >= 0.6 is 31.7 Å². The minimum Gasteiger partial charge on any atom is -0.412 e. The summed E-state index contributed by atoms with van der Waals surface area (Å²) < 4.78 is 0. The van der Waals surface area contributed by atoms with Crippen molar-refractivity contribution in [2.45, 2.75) is 0 Å². The maximum Gasteiger partial charge on any atom is 0 e. The van der Waals surface area contributed by atoms with Crippen LogP contribution in [0, 0.1) is 0 Å². The van der Waals surface area contributed by atoms with Gasteiger partial charge in [-0.3, -0.25) is 0 Å². The van der Waals surface area contributed by atoms with Gasteiger partial charge in [0, 0.05) is 40.8 Å². The Kier molecular flexibility index (Phi) is 23.3. The zero-order valence-corrected chi connectivity index (χ0v) is 59.1. The minimum absolute atomic E-state index is 0. The van der Waals surface area contributed by atoms with Crippen LogP contribution in [0.1, 0.15) is 0 Å². The van der Waals surface area contributed by atoms with Crippen LogP contribution in [0.5, 0.6) is 0 Å². The van der Waals surface area contributed by atoms with E-state index in [-0.39, 0.29) is 51.8 Å². The van der Waals surface area contributed by atoms with Crippen molar-refractivity contribution in [1.82, 2.24) is 0 Å². The number of hydrogen-bond acceptors (Lipinski definition) is 0. The van der Waals surface area contributed by atoms with Crippen molar-refractivity contribution in [3.05, 3.63) is 388 Å². The van der Waals surface area contributed by atoms with Crippen molar-refractivity contribution in [2.24, 2.45) is 0 Å². The van der Waals surface area contributed by atoms with Crippen molar-refractivity contribution >= 4 is 138 Å². The van der Waals surface area contributed by atoms with Crippen LogP contribution in [0.25, 0.3) is 65.3 Å². The Balaban J connectivity index is 0.000000187. The van der Waals surface area contributed by atoms with Gasteiger partial charge in [-0.25, -0.2) is 0 Å². The Bertz CT molecular complexity index is 4360. The smallest absolute Gasteiger partial charge is 0 e. The van der Waals surface area contributed by atoms with Crippen LogP contribution in [0.4, 0.5) is 0 Å². The van der Waals surface area contributed by atoms with E-state index in [4.69, 9.17) is 0 Å². The van der Waals surface area contributed by atoms with Gasteiger partial charge in [-0.2, -0.15) is 0 Å². The molecule has 8 heteroatoms. The molecule has 472 valence electrons. The molecule has 0 saturated heterocycles. The van der Waals surface area contributed by atoms with Crippen LogP contribution in [-0.2, 0) is 40.8 Å². The summed E-state index contributed by atoms with van der Waals surface area (Å²) in [5.74, 6) is 0. The Hall–Kier alpha value is -8.48. The third kappa shape index (κ3) is 14.2. The fourth-order valence-corrected chi connectivity index (χ4v) is 23.1. The molecule has 0 aliphatic heterocycles. The molecule has 0 saturated carbocycles. The molecule has 2 nitrogen and oxygen atoms in total. The van der Waals surface area contributed by atoms with Crippen LogP contribution < -0.4 is 63.7 Å². The second-order valence-electron chi connectivity index (χ2n) is 22.7. The molecular weight excluding hydrogens is 1430 g/mol. The third-order valence-corrected chi connectivity index (χ3v) is 27.1. The predicted molar refractivity (Wildman–Crippen MR) is 416 cm³/mol. The molecule has 0 bridgehead atoms. The molecule has 16 aromatic rings. The summed E-state index contributed by atoms with van der Waals surface area (Å²) in [7, 11) is -3.41. The molecule has 0 unspecified atom stereocenters. The molecule has 96 heavy (non-hydrogen) atoms. The fraction of sp³-hybridized carbons (Fsp3) is 0. The molecule has 0 aliphatic carbocycles. The van der Waals surface area contributed by atoms with Gasteiger partial charge in [-0.05, 0) is 161 Å². The van der Waals surface area contributed by atoms with E-state index in [0.717, 1.165) is 0 Å². The standard InChI is InChI=1S/2C44H32P2.2H2O.2Pd/c2*1-5-19-35(20-6-1)45(36-21-7-2-8-22-36)41-31-29-33-17-13-15-27-39(33)43(41)44-40-28-16-14-18-34(40)30-32-42(44)46(37-23-9-3-10-24-37)38-25-11-4-12-26-38;;;;/h2*1-32H;2*1H2;;. The van der Waals surface area contributed by atoms with Crippen molar-refractivity contribution < 1.29 is 51.8 Å². The molecule has 16 aromatic carbocycles. The van der Waals surface area contributed by atoms with Gasteiger partial charge >= 0.3 is 0 Å². The van der Waals surface area contributed by atoms with Crippen molar-refractivity contribution in [1.29, 1.82) is 0 Å². The average molecular weight is 1490 g/mol. The zero-order chi connectivity index (χ0) is 61.4. The third-order valence-electron chi connectivity index (χ3n) is 17.2. The summed E-state index contributed by atoms with van der Waals surface area (Å²) in [6.45, 7) is 0. The van der Waals surface area contributed by atoms with Crippen LogP contribution in [0.3, 0.4) is 0 Å². The first-order valence-corrected chi connectivity index (χ1v) is 36.8. The molecule has 4 N–H and O–H groups in total. The largest absolute Gasteiger partial charge is 0.412 e. The number of fused-ring (bicyclic) bond motifs is 4. The van der Waals surface area contributed by atoms with Gasteiger partial charge < -0.3 is 11.0 Å². The SMILES string of the molecule is O.O.[Pd].[Pd].c1ccc(P(c2ccccc2)c2ccc3ccccc3c2-c2c(P(c3ccccc3)c3ccccc3)ccc3ccccc23)cc1.c1ccc(P(c2ccccc2)c2ccc3ccccc3c2-c2c(P(c3ccccc3)c3ccccc3)ccc3ccccc23)cc1. The van der Waals surface area contributed by atoms with E-state index in [9.17, 15) is 0 Å². The summed E-state index contributed by atoms with van der Waals surface area (Å²) in [6, 6.07) is 144. The summed E-state index contributed by atoms with van der Waals surface area (Å²) >= 11 is 0. The number of benzene rings is 16. The molecule has 0 spiro atoms. The summed E-state index contributed by atoms with van der Waals surface area (Å²) in [4.78, 5) is 0. The molecular formula is C88H68O2P4Pd2. The summed E-state index contributed by atoms with van der Waals surface area (Å²) in [6.07, 6.45) is 0. The second kappa shape index (κ2) is 32.5. The van der Waals surface area contributed by atoms with Gasteiger partial charge in [0.15, 0.2) is 0 Å². The van der Waals surface area contributed by atoms with Crippen molar-refractivity contribution in [2.75, 3.05) is 0 Å². The van der Waals surface area contributed by atoms with E-state index < -0.39 is 31.7 Å². The van der Waals surface area contributed by atoms with Crippen LogP contribution in [0.15, 0.2) is 388 Å². The van der Waals surface area contributed by atoms with E-state index in [0.29, 0.717) is 0 Å². The van der Waals surface area contributed by atoms with Gasteiger partial charge in [0.05, 0.1) is 0 Å².